The fourth-order valence-electron chi connectivity index (χ4n) is 13.4. The number of benzene rings is 1. The van der Waals surface area contributed by atoms with Crippen LogP contribution in [0, 0.1) is 5.92 Å². The second kappa shape index (κ2) is 32.6. The first-order valence-corrected chi connectivity index (χ1v) is 32.6. The standard InChI is InChI=1S/C60H90N20O11S/c61-38(14-5-20-69-58(62)63)49(83)75-40(16-7-22-71-60(66)67)54(88)77-24-8-18-44(77)56(90)79-32-36(81)28-45(79)52(86)72-30-48(82)73-42(29-37-13-9-25-92-37)51(85)76-41-19-23-68-50(84)39(15-6-21-70-59(64)65)74-53(87)46-27-34-11-3-4-17-43(34)80(46)57(91)47-26-33-10-1-2-12-35(33)31-78(47)55(41)89/h1-2,9-10,12-13,25,34,36,38-47,81H,3-8,11,14-24,26-32,61H2,(H,68,84)(H,72,86)(H,73,82)(H,74,87)(H,75,83)(H,76,85)(H4,62,63,69)(H4,64,65,70)(H4,66,67,71)/t34?,36-,38-,39+,40+,41+,42+,43?,44+,45+,46+,47-/m1/s1. The summed E-state index contributed by atoms with van der Waals surface area (Å²) in [6, 6.07) is 0.345. The van der Waals surface area contributed by atoms with Crippen LogP contribution < -0.4 is 72.0 Å². The number of β-amino-alcohol motifs (C(OH)–C–C–N with tert-alkyl or cyclic N) is 1. The Labute approximate surface area is 537 Å². The third kappa shape index (κ3) is 18.1. The lowest BCUT2D eigenvalue weighted by Gasteiger charge is -2.43. The third-order valence-corrected chi connectivity index (χ3v) is 18.9. The van der Waals surface area contributed by atoms with Gasteiger partial charge in [0.05, 0.1) is 18.7 Å². The van der Waals surface area contributed by atoms with Gasteiger partial charge in [0.1, 0.15) is 48.3 Å². The molecule has 0 radical (unpaired) electrons. The first-order chi connectivity index (χ1) is 44.1. The van der Waals surface area contributed by atoms with Crippen LogP contribution in [0.2, 0.25) is 0 Å². The monoisotopic (exact) mass is 1300 g/mol. The number of amides is 10. The molecule has 12 atom stereocenters. The van der Waals surface area contributed by atoms with E-state index in [0.717, 1.165) is 30.4 Å². The Hall–Kier alpha value is -8.65. The number of aliphatic hydroxyl groups excluding tert-OH is 1. The zero-order chi connectivity index (χ0) is 66.2. The van der Waals surface area contributed by atoms with E-state index in [1.54, 1.807) is 22.4 Å². The van der Waals surface area contributed by atoms with Crippen LogP contribution in [-0.4, -0.2) is 214 Å². The van der Waals surface area contributed by atoms with Gasteiger partial charge in [0.25, 0.3) is 0 Å². The van der Waals surface area contributed by atoms with Crippen LogP contribution in [0.3, 0.4) is 0 Å². The van der Waals surface area contributed by atoms with Gasteiger partial charge in [-0.1, -0.05) is 43.2 Å². The van der Waals surface area contributed by atoms with Crippen LogP contribution in [0.1, 0.15) is 112 Å². The molecule has 32 heteroatoms. The average molecular weight is 1300 g/mol. The minimum atomic E-state index is -1.37. The van der Waals surface area contributed by atoms with Crippen molar-refractivity contribution in [2.75, 3.05) is 45.8 Å². The van der Waals surface area contributed by atoms with Gasteiger partial charge in [-0.05, 0) is 106 Å². The van der Waals surface area contributed by atoms with E-state index in [-0.39, 0.29) is 133 Å². The lowest BCUT2D eigenvalue weighted by Crippen LogP contribution is -2.63. The van der Waals surface area contributed by atoms with E-state index < -0.39 is 126 Å². The van der Waals surface area contributed by atoms with Gasteiger partial charge in [0, 0.05) is 76.0 Å². The molecule has 10 amide bonds. The summed E-state index contributed by atoms with van der Waals surface area (Å²) in [7, 11) is 0. The number of nitrogens with two attached hydrogens (primary N) is 7. The molecule has 31 nitrogen and oxygen atoms in total. The Kier molecular flexibility index (Phi) is 24.5. The number of hydrogen-bond acceptors (Lipinski definition) is 16. The van der Waals surface area contributed by atoms with Gasteiger partial charge in [-0.3, -0.25) is 62.9 Å². The quantitative estimate of drug-likeness (QED) is 0.0267. The van der Waals surface area contributed by atoms with E-state index in [1.807, 2.05) is 24.3 Å². The first-order valence-electron chi connectivity index (χ1n) is 31.8. The molecular weight excluding hydrogens is 1210 g/mol. The number of rotatable bonds is 24. The minimum absolute atomic E-state index is 0.00244. The Bertz CT molecular complexity index is 3080. The van der Waals surface area contributed by atoms with E-state index >= 15 is 9.59 Å². The predicted molar refractivity (Wildman–Crippen MR) is 340 cm³/mol. The fourth-order valence-corrected chi connectivity index (χ4v) is 14.2. The molecule has 5 aliphatic heterocycles. The van der Waals surface area contributed by atoms with Crippen molar-refractivity contribution in [2.24, 2.45) is 61.0 Å². The number of thiophene rings is 1. The smallest absolute Gasteiger partial charge is 0.246 e. The van der Waals surface area contributed by atoms with Gasteiger partial charge >= 0.3 is 0 Å². The topological polar surface area (TPSA) is 495 Å². The van der Waals surface area contributed by atoms with E-state index in [2.05, 4.69) is 46.9 Å². The van der Waals surface area contributed by atoms with Gasteiger partial charge in [-0.15, -0.1) is 11.3 Å². The van der Waals surface area contributed by atoms with E-state index in [1.165, 1.54) is 26.0 Å². The number of carbonyl (C=O) groups is 10. The van der Waals surface area contributed by atoms with Crippen molar-refractivity contribution in [3.63, 3.8) is 0 Å². The SMILES string of the molecule is NC(N)=NCCC[C@@H](N)C(=O)N[C@@H](CCCN=C(N)N)C(=O)N1CCC[C@H]1C(=O)N1C[C@H](O)C[C@H]1C(=O)NCC(=O)N[C@@H](Cc1cccs1)C(=O)N[C@H]1CCNC(=O)[C@H](CCCN=C(N)N)NC(=O)[C@@H]2CC3CCCCC3N2C(=O)[C@H]2Cc3ccccc3CN2C1=O. The maximum atomic E-state index is 15.5. The van der Waals surface area contributed by atoms with Crippen LogP contribution in [0.4, 0.5) is 0 Å². The van der Waals surface area contributed by atoms with E-state index in [4.69, 9.17) is 40.1 Å². The molecule has 21 N–H and O–H groups in total. The molecule has 1 aromatic heterocycles. The molecule has 0 bridgehead atoms. The van der Waals surface area contributed by atoms with Crippen molar-refractivity contribution < 1.29 is 53.1 Å². The van der Waals surface area contributed by atoms with Crippen molar-refractivity contribution in [3.8, 4) is 0 Å². The largest absolute Gasteiger partial charge is 0.391 e. The molecule has 1 aliphatic carbocycles. The molecule has 2 aromatic rings. The van der Waals surface area contributed by atoms with Gasteiger partial charge in [-0.2, -0.15) is 0 Å². The summed E-state index contributed by atoms with van der Waals surface area (Å²) in [5, 5.41) is 29.4. The number of nitrogens with zero attached hydrogens (tertiary/aromatic N) is 7. The van der Waals surface area contributed by atoms with Crippen molar-refractivity contribution in [3.05, 3.63) is 57.8 Å². The average Bonchev–Trinajstić information content (AvgIpc) is 1.49. The molecule has 5 fully saturated rings. The summed E-state index contributed by atoms with van der Waals surface area (Å²) >= 11 is 1.31. The summed E-state index contributed by atoms with van der Waals surface area (Å²) in [5.74, 6) is -6.70. The Morgan fingerprint density at radius 1 is 0.717 bits per heavy atom. The Balaban J connectivity index is 0.975. The molecule has 8 rings (SSSR count). The lowest BCUT2D eigenvalue weighted by molar-refractivity contribution is -0.153. The second-order valence-corrected chi connectivity index (χ2v) is 25.5. The van der Waals surface area contributed by atoms with Crippen LogP contribution in [0.25, 0.3) is 0 Å². The van der Waals surface area contributed by atoms with Crippen LogP contribution in [0.15, 0.2) is 56.8 Å². The van der Waals surface area contributed by atoms with Gasteiger partial charge in [0.15, 0.2) is 17.9 Å². The molecule has 4 saturated heterocycles. The summed E-state index contributed by atoms with van der Waals surface area (Å²) in [6.07, 6.45) is 4.12. The third-order valence-electron chi connectivity index (χ3n) is 18.0. The molecule has 2 unspecified atom stereocenters. The van der Waals surface area contributed by atoms with Crippen LogP contribution >= 0.6 is 11.3 Å². The highest BCUT2D eigenvalue weighted by molar-refractivity contribution is 7.09. The molecule has 6 aliphatic rings. The van der Waals surface area contributed by atoms with E-state index in [9.17, 15) is 43.5 Å². The highest BCUT2D eigenvalue weighted by Crippen LogP contribution is 2.41. The van der Waals surface area contributed by atoms with Crippen LogP contribution in [0.5, 0.6) is 0 Å². The van der Waals surface area contributed by atoms with E-state index in [0.29, 0.717) is 37.0 Å². The molecule has 0 spiro atoms. The van der Waals surface area contributed by atoms with Crippen molar-refractivity contribution in [1.29, 1.82) is 0 Å². The second-order valence-electron chi connectivity index (χ2n) is 24.5. The number of aliphatic imine (C=N–C) groups is 3. The Morgan fingerprint density at radius 2 is 1.41 bits per heavy atom. The number of guanidine groups is 3. The fraction of sp³-hybridized carbons (Fsp3) is 0.617. The number of carbonyl (C=O) groups excluding carboxylic acids is 10. The highest BCUT2D eigenvalue weighted by Gasteiger charge is 2.52. The molecular formula is C60H90N20O11S. The molecule has 1 aromatic carbocycles. The number of likely N-dealkylation sites (tertiary alicyclic amines) is 2. The number of nitrogens with one attached hydrogen (secondary N) is 6. The zero-order valence-electron chi connectivity index (χ0n) is 51.8. The molecule has 502 valence electrons. The zero-order valence-corrected chi connectivity index (χ0v) is 52.6. The lowest BCUT2D eigenvalue weighted by atomic mass is 9.84. The van der Waals surface area contributed by atoms with Crippen molar-refractivity contribution >= 4 is 88.3 Å². The van der Waals surface area contributed by atoms with Gasteiger partial charge < -0.3 is 96.7 Å². The number of hydrogen-bond donors (Lipinski definition) is 14. The summed E-state index contributed by atoms with van der Waals surface area (Å²) in [6.45, 7) is -0.456. The normalized spacial score (nSPS) is 25.0. The molecule has 6 heterocycles. The van der Waals surface area contributed by atoms with Crippen LogP contribution in [-0.2, 0) is 67.3 Å². The first kappa shape index (κ1) is 69.2. The predicted octanol–water partition coefficient (Wildman–Crippen LogP) is -4.58. The maximum absolute atomic E-state index is 15.5. The molecule has 92 heavy (non-hydrogen) atoms. The van der Waals surface area contributed by atoms with Gasteiger partial charge in [-0.25, -0.2) is 0 Å². The summed E-state index contributed by atoms with van der Waals surface area (Å²) in [5.41, 5.74) is 40.8. The Morgan fingerprint density at radius 3 is 2.12 bits per heavy atom. The number of aliphatic hydroxyl groups is 1. The maximum Gasteiger partial charge on any atom is 0.246 e. The van der Waals surface area contributed by atoms with Crippen molar-refractivity contribution in [2.45, 2.75) is 182 Å². The van der Waals surface area contributed by atoms with Crippen molar-refractivity contribution in [1.82, 2.24) is 51.5 Å². The molecule has 1 saturated carbocycles. The number of fused-ring (bicyclic) bond motifs is 5. The van der Waals surface area contributed by atoms with Gasteiger partial charge in [0.2, 0.25) is 59.1 Å². The summed E-state index contributed by atoms with van der Waals surface area (Å²) < 4.78 is 0. The minimum Gasteiger partial charge on any atom is -0.391 e. The highest BCUT2D eigenvalue weighted by atomic mass is 32.1. The summed E-state index contributed by atoms with van der Waals surface area (Å²) in [4.78, 5) is 163.